The molecule has 3 aliphatic rings. The van der Waals surface area contributed by atoms with Gasteiger partial charge in [-0.05, 0) is 37.5 Å². The molecule has 0 spiro atoms. The second-order valence-corrected chi connectivity index (χ2v) is 7.93. The standard InChI is InChI=1S/C19H29N5O2.ClH/c25-8-5-18(26)22-17-13-23(12-16(17)15-3-4-15)11-14-9-20-19(21-10-14)24-6-1-2-7-24;/h9-10,15-17,25H,1-8,11-13H2,(H,22,26);1H/t16-,17+;/m1./s1. The molecule has 4 rings (SSSR count). The van der Waals surface area contributed by atoms with Gasteiger partial charge in [0.05, 0.1) is 6.61 Å². The van der Waals surface area contributed by atoms with Crippen LogP contribution >= 0.6 is 12.4 Å². The number of carbonyl (C=O) groups excluding carboxylic acids is 1. The van der Waals surface area contributed by atoms with Gasteiger partial charge in [0.2, 0.25) is 11.9 Å². The number of carbonyl (C=O) groups is 1. The molecule has 3 heterocycles. The first-order valence-corrected chi connectivity index (χ1v) is 9.91. The van der Waals surface area contributed by atoms with Crippen LogP contribution in [0.2, 0.25) is 0 Å². The molecule has 27 heavy (non-hydrogen) atoms. The first kappa shape index (κ1) is 20.3. The van der Waals surface area contributed by atoms with E-state index in [4.69, 9.17) is 5.11 Å². The maximum atomic E-state index is 11.9. The third-order valence-electron chi connectivity index (χ3n) is 5.84. The van der Waals surface area contributed by atoms with Crippen molar-refractivity contribution in [3.05, 3.63) is 18.0 Å². The van der Waals surface area contributed by atoms with Gasteiger partial charge in [-0.1, -0.05) is 0 Å². The highest BCUT2D eigenvalue weighted by atomic mass is 35.5. The summed E-state index contributed by atoms with van der Waals surface area (Å²) in [6, 6.07) is 0.200. The van der Waals surface area contributed by atoms with Crippen LogP contribution < -0.4 is 10.2 Å². The highest BCUT2D eigenvalue weighted by molar-refractivity contribution is 5.85. The highest BCUT2D eigenvalue weighted by Crippen LogP contribution is 2.41. The molecule has 1 aliphatic carbocycles. The second kappa shape index (κ2) is 9.17. The largest absolute Gasteiger partial charge is 0.396 e. The van der Waals surface area contributed by atoms with Crippen molar-refractivity contribution in [1.82, 2.24) is 20.2 Å². The Morgan fingerprint density at radius 3 is 2.52 bits per heavy atom. The van der Waals surface area contributed by atoms with Gasteiger partial charge < -0.3 is 15.3 Å². The predicted octanol–water partition coefficient (Wildman–Crippen LogP) is 1.21. The third kappa shape index (κ3) is 5.09. The van der Waals surface area contributed by atoms with Gasteiger partial charge in [0.25, 0.3) is 0 Å². The van der Waals surface area contributed by atoms with Crippen molar-refractivity contribution in [2.24, 2.45) is 11.8 Å². The number of nitrogens with one attached hydrogen (secondary N) is 1. The molecule has 1 aromatic rings. The van der Waals surface area contributed by atoms with E-state index in [-0.39, 0.29) is 37.4 Å². The van der Waals surface area contributed by atoms with E-state index in [1.165, 1.54) is 25.7 Å². The van der Waals surface area contributed by atoms with Crippen LogP contribution in [0.15, 0.2) is 12.4 Å². The zero-order valence-corrected chi connectivity index (χ0v) is 16.5. The summed E-state index contributed by atoms with van der Waals surface area (Å²) in [7, 11) is 0. The van der Waals surface area contributed by atoms with Gasteiger partial charge in [-0.2, -0.15) is 0 Å². The van der Waals surface area contributed by atoms with Crippen LogP contribution in [0.25, 0.3) is 0 Å². The van der Waals surface area contributed by atoms with E-state index in [9.17, 15) is 4.79 Å². The normalized spacial score (nSPS) is 25.4. The number of aromatic nitrogens is 2. The molecule has 1 aromatic heterocycles. The lowest BCUT2D eigenvalue weighted by molar-refractivity contribution is -0.122. The van der Waals surface area contributed by atoms with E-state index in [0.717, 1.165) is 50.2 Å². The Morgan fingerprint density at radius 2 is 1.89 bits per heavy atom. The molecule has 0 radical (unpaired) electrons. The van der Waals surface area contributed by atoms with Gasteiger partial charge in [-0.3, -0.25) is 9.69 Å². The maximum absolute atomic E-state index is 11.9. The zero-order chi connectivity index (χ0) is 17.9. The SMILES string of the molecule is Cl.O=C(CCO)N[C@H]1CN(Cc2cnc(N3CCCC3)nc2)C[C@@H]1C1CC1. The quantitative estimate of drug-likeness (QED) is 0.722. The van der Waals surface area contributed by atoms with Crippen LogP contribution in [-0.2, 0) is 11.3 Å². The fourth-order valence-corrected chi connectivity index (χ4v) is 4.35. The smallest absolute Gasteiger partial charge is 0.225 e. The highest BCUT2D eigenvalue weighted by Gasteiger charge is 2.42. The molecular weight excluding hydrogens is 366 g/mol. The predicted molar refractivity (Wildman–Crippen MR) is 106 cm³/mol. The summed E-state index contributed by atoms with van der Waals surface area (Å²) in [5.74, 6) is 2.08. The summed E-state index contributed by atoms with van der Waals surface area (Å²) in [5.41, 5.74) is 1.13. The number of anilines is 1. The van der Waals surface area contributed by atoms with Gasteiger partial charge in [-0.15, -0.1) is 12.4 Å². The molecule has 150 valence electrons. The monoisotopic (exact) mass is 395 g/mol. The Labute approximate surface area is 167 Å². The van der Waals surface area contributed by atoms with E-state index in [1.54, 1.807) is 0 Å². The van der Waals surface area contributed by atoms with Crippen molar-refractivity contribution in [3.8, 4) is 0 Å². The molecule has 1 amide bonds. The summed E-state index contributed by atoms with van der Waals surface area (Å²) in [4.78, 5) is 25.7. The minimum absolute atomic E-state index is 0. The molecule has 0 bridgehead atoms. The van der Waals surface area contributed by atoms with Crippen molar-refractivity contribution in [2.75, 3.05) is 37.7 Å². The summed E-state index contributed by atoms with van der Waals surface area (Å²) < 4.78 is 0. The maximum Gasteiger partial charge on any atom is 0.225 e. The Morgan fingerprint density at radius 1 is 1.19 bits per heavy atom. The number of halogens is 1. The zero-order valence-electron chi connectivity index (χ0n) is 15.7. The number of aliphatic hydroxyl groups is 1. The number of amides is 1. The summed E-state index contributed by atoms with van der Waals surface area (Å²) in [5, 5.41) is 12.1. The lowest BCUT2D eigenvalue weighted by Crippen LogP contribution is -2.41. The van der Waals surface area contributed by atoms with Crippen molar-refractivity contribution < 1.29 is 9.90 Å². The lowest BCUT2D eigenvalue weighted by Gasteiger charge is -2.19. The van der Waals surface area contributed by atoms with Crippen LogP contribution in [0.3, 0.4) is 0 Å². The Bertz CT molecular complexity index is 619. The molecule has 2 atom stereocenters. The molecule has 3 fully saturated rings. The van der Waals surface area contributed by atoms with Gasteiger partial charge in [0, 0.05) is 63.1 Å². The van der Waals surface area contributed by atoms with Crippen LogP contribution in [0.1, 0.15) is 37.7 Å². The van der Waals surface area contributed by atoms with Crippen molar-refractivity contribution in [3.63, 3.8) is 0 Å². The van der Waals surface area contributed by atoms with Crippen LogP contribution in [0.5, 0.6) is 0 Å². The Balaban J connectivity index is 0.00000210. The van der Waals surface area contributed by atoms with E-state index < -0.39 is 0 Å². The summed E-state index contributed by atoms with van der Waals surface area (Å²) in [6.45, 7) is 4.75. The van der Waals surface area contributed by atoms with Gasteiger partial charge >= 0.3 is 0 Å². The average Bonchev–Trinajstić information content (AvgIpc) is 3.18. The molecule has 7 nitrogen and oxygen atoms in total. The van der Waals surface area contributed by atoms with E-state index >= 15 is 0 Å². The van der Waals surface area contributed by atoms with Crippen LogP contribution in [-0.4, -0.2) is 64.7 Å². The number of hydrogen-bond donors (Lipinski definition) is 2. The van der Waals surface area contributed by atoms with Gasteiger partial charge in [0.1, 0.15) is 0 Å². The Kier molecular flexibility index (Phi) is 6.89. The number of hydrogen-bond acceptors (Lipinski definition) is 6. The molecule has 8 heteroatoms. The first-order valence-electron chi connectivity index (χ1n) is 9.91. The minimum Gasteiger partial charge on any atom is -0.396 e. The molecule has 0 unspecified atom stereocenters. The van der Waals surface area contributed by atoms with Crippen molar-refractivity contribution in [1.29, 1.82) is 0 Å². The minimum atomic E-state index is -0.0862. The summed E-state index contributed by atoms with van der Waals surface area (Å²) >= 11 is 0. The molecule has 1 saturated carbocycles. The van der Waals surface area contributed by atoms with E-state index in [0.29, 0.717) is 5.92 Å². The molecule has 2 N–H and O–H groups in total. The lowest BCUT2D eigenvalue weighted by atomic mass is 9.98. The molecule has 0 aromatic carbocycles. The first-order chi connectivity index (χ1) is 12.7. The molecular formula is C19H30ClN5O2. The van der Waals surface area contributed by atoms with Crippen LogP contribution in [0.4, 0.5) is 5.95 Å². The van der Waals surface area contributed by atoms with Crippen molar-refractivity contribution >= 4 is 24.3 Å². The summed E-state index contributed by atoms with van der Waals surface area (Å²) in [6.07, 6.45) is 9.10. The number of aliphatic hydroxyl groups excluding tert-OH is 1. The third-order valence-corrected chi connectivity index (χ3v) is 5.84. The average molecular weight is 396 g/mol. The number of likely N-dealkylation sites (tertiary alicyclic amines) is 1. The Hall–Kier alpha value is -1.44. The second-order valence-electron chi connectivity index (χ2n) is 7.93. The fraction of sp³-hybridized carbons (Fsp3) is 0.737. The van der Waals surface area contributed by atoms with Gasteiger partial charge in [-0.25, -0.2) is 9.97 Å². The number of nitrogens with zero attached hydrogens (tertiary/aromatic N) is 4. The topological polar surface area (TPSA) is 81.6 Å². The molecule has 2 aliphatic heterocycles. The number of rotatable bonds is 7. The van der Waals surface area contributed by atoms with Crippen molar-refractivity contribution in [2.45, 2.75) is 44.7 Å². The van der Waals surface area contributed by atoms with Gasteiger partial charge in [0.15, 0.2) is 0 Å². The fourth-order valence-electron chi connectivity index (χ4n) is 4.35. The van der Waals surface area contributed by atoms with E-state index in [2.05, 4.69) is 25.1 Å². The molecule has 2 saturated heterocycles. The van der Waals surface area contributed by atoms with Crippen LogP contribution in [0, 0.1) is 11.8 Å². The van der Waals surface area contributed by atoms with E-state index in [1.807, 2.05) is 12.4 Å².